The molecule has 32 heavy (non-hydrogen) atoms. The molecule has 0 bridgehead atoms. The molecule has 0 saturated carbocycles. The molecule has 160 valence electrons. The molecule has 2 heterocycles. The summed E-state index contributed by atoms with van der Waals surface area (Å²) < 4.78 is 6.57. The van der Waals surface area contributed by atoms with Crippen LogP contribution in [0.25, 0.3) is 21.9 Å². The van der Waals surface area contributed by atoms with E-state index in [0.29, 0.717) is 22.2 Å². The lowest BCUT2D eigenvalue weighted by molar-refractivity contribution is -0.119. The Morgan fingerprint density at radius 1 is 0.938 bits per heavy atom. The van der Waals surface area contributed by atoms with Gasteiger partial charge in [0, 0.05) is 23.7 Å². The second-order valence-corrected chi connectivity index (χ2v) is 7.29. The van der Waals surface area contributed by atoms with Gasteiger partial charge >= 0.3 is 5.97 Å². The van der Waals surface area contributed by atoms with Crippen LogP contribution in [0.3, 0.4) is 0 Å². The van der Waals surface area contributed by atoms with E-state index < -0.39 is 18.5 Å². The van der Waals surface area contributed by atoms with Gasteiger partial charge in [0.25, 0.3) is 11.5 Å². The number of amides is 1. The summed E-state index contributed by atoms with van der Waals surface area (Å²) in [5.74, 6) is -0.917. The first-order valence-corrected chi connectivity index (χ1v) is 10.0. The topological polar surface area (TPSA) is 90.3 Å². The Hall–Kier alpha value is -4.26. The Bertz CT molecular complexity index is 1380. The minimum absolute atomic E-state index is 0.0846. The summed E-state index contributed by atoms with van der Waals surface area (Å²) in [7, 11) is 1.52. The second kappa shape index (κ2) is 8.85. The Morgan fingerprint density at radius 3 is 2.34 bits per heavy atom. The molecule has 4 aromatic rings. The number of hydrogen-bond donors (Lipinski definition) is 1. The lowest BCUT2D eigenvalue weighted by Gasteiger charge is -2.16. The molecule has 0 spiro atoms. The van der Waals surface area contributed by atoms with Crippen molar-refractivity contribution in [3.05, 3.63) is 94.5 Å². The van der Waals surface area contributed by atoms with E-state index in [9.17, 15) is 14.4 Å². The van der Waals surface area contributed by atoms with Gasteiger partial charge in [-0.2, -0.15) is 0 Å². The van der Waals surface area contributed by atoms with Gasteiger partial charge < -0.3 is 14.6 Å². The molecular weight excluding hydrogens is 406 g/mol. The van der Waals surface area contributed by atoms with E-state index in [1.807, 2.05) is 36.4 Å². The van der Waals surface area contributed by atoms with Crippen LogP contribution in [0.4, 0.5) is 5.82 Å². The Morgan fingerprint density at radius 2 is 1.62 bits per heavy atom. The van der Waals surface area contributed by atoms with Crippen LogP contribution in [0.1, 0.15) is 16.2 Å². The lowest BCUT2D eigenvalue weighted by Crippen LogP contribution is -2.28. The monoisotopic (exact) mass is 427 g/mol. The molecule has 1 N–H and O–H groups in total. The number of carbonyl (C=O) groups is 2. The van der Waals surface area contributed by atoms with Crippen LogP contribution < -0.4 is 10.9 Å². The third-order valence-electron chi connectivity index (χ3n) is 5.05. The molecular formula is C25H21N3O4. The number of anilines is 1. The Kier molecular flexibility index (Phi) is 5.81. The number of fused-ring (bicyclic) bond motifs is 1. The third kappa shape index (κ3) is 4.13. The fourth-order valence-corrected chi connectivity index (χ4v) is 3.59. The van der Waals surface area contributed by atoms with Crippen LogP contribution in [0.15, 0.2) is 77.6 Å². The number of ether oxygens (including phenoxy) is 1. The highest BCUT2D eigenvalue weighted by Gasteiger charge is 2.23. The third-order valence-corrected chi connectivity index (χ3v) is 5.05. The summed E-state index contributed by atoms with van der Waals surface area (Å²) in [5.41, 5.74) is 1.86. The SMILES string of the molecule is Cc1cccc(NC(=O)COC(=O)c2c(-c3ccccc3)c3ccccc3c(=O)n2C)n1. The summed E-state index contributed by atoms with van der Waals surface area (Å²) in [4.78, 5) is 42.5. The van der Waals surface area contributed by atoms with E-state index in [4.69, 9.17) is 4.74 Å². The van der Waals surface area contributed by atoms with Crippen molar-refractivity contribution in [3.63, 3.8) is 0 Å². The van der Waals surface area contributed by atoms with Gasteiger partial charge in [0.15, 0.2) is 6.61 Å². The first kappa shape index (κ1) is 21.0. The molecule has 1 amide bonds. The predicted octanol–water partition coefficient (Wildman–Crippen LogP) is 3.70. The lowest BCUT2D eigenvalue weighted by atomic mass is 9.97. The Balaban J connectivity index is 1.69. The zero-order chi connectivity index (χ0) is 22.7. The minimum atomic E-state index is -0.762. The summed E-state index contributed by atoms with van der Waals surface area (Å²) >= 11 is 0. The summed E-state index contributed by atoms with van der Waals surface area (Å²) in [6.07, 6.45) is 0. The molecule has 0 unspecified atom stereocenters. The zero-order valence-electron chi connectivity index (χ0n) is 17.7. The van der Waals surface area contributed by atoms with Crippen molar-refractivity contribution in [2.24, 2.45) is 7.05 Å². The quantitative estimate of drug-likeness (QED) is 0.491. The summed E-state index contributed by atoms with van der Waals surface area (Å²) in [6, 6.07) is 21.6. The second-order valence-electron chi connectivity index (χ2n) is 7.29. The number of nitrogens with zero attached hydrogens (tertiary/aromatic N) is 2. The highest BCUT2D eigenvalue weighted by atomic mass is 16.5. The molecule has 0 aliphatic carbocycles. The van der Waals surface area contributed by atoms with E-state index in [-0.39, 0.29) is 11.3 Å². The standard InChI is InChI=1S/C25H21N3O4/c1-16-9-8-14-20(26-16)27-21(29)15-32-25(31)23-22(17-10-4-3-5-11-17)18-12-6-7-13-19(18)24(30)28(23)2/h3-14H,15H2,1-2H3,(H,26,27,29). The van der Waals surface area contributed by atoms with Crippen LogP contribution in [-0.4, -0.2) is 28.0 Å². The molecule has 0 saturated heterocycles. The number of hydrogen-bond acceptors (Lipinski definition) is 5. The normalized spacial score (nSPS) is 10.7. The van der Waals surface area contributed by atoms with Crippen LogP contribution in [-0.2, 0) is 16.6 Å². The Labute approximate surface area is 184 Å². The highest BCUT2D eigenvalue weighted by molar-refractivity contribution is 6.07. The van der Waals surface area contributed by atoms with Crippen molar-refractivity contribution in [1.82, 2.24) is 9.55 Å². The van der Waals surface area contributed by atoms with E-state index in [2.05, 4.69) is 10.3 Å². The van der Waals surface area contributed by atoms with Crippen molar-refractivity contribution in [1.29, 1.82) is 0 Å². The number of aromatic nitrogens is 2. The van der Waals surface area contributed by atoms with Crippen molar-refractivity contribution in [2.45, 2.75) is 6.92 Å². The molecule has 0 fully saturated rings. The van der Waals surface area contributed by atoms with Gasteiger partial charge in [0.2, 0.25) is 0 Å². The maximum Gasteiger partial charge on any atom is 0.356 e. The van der Waals surface area contributed by atoms with Crippen LogP contribution in [0.2, 0.25) is 0 Å². The molecule has 0 radical (unpaired) electrons. The maximum absolute atomic E-state index is 13.1. The van der Waals surface area contributed by atoms with E-state index in [1.165, 1.54) is 11.6 Å². The fraction of sp³-hybridized carbons (Fsp3) is 0.120. The molecule has 0 aliphatic heterocycles. The van der Waals surface area contributed by atoms with Crippen molar-refractivity contribution >= 4 is 28.5 Å². The average molecular weight is 427 g/mol. The number of esters is 1. The van der Waals surface area contributed by atoms with Gasteiger partial charge in [-0.3, -0.25) is 9.59 Å². The van der Waals surface area contributed by atoms with Gasteiger partial charge in [0.05, 0.1) is 0 Å². The zero-order valence-corrected chi connectivity index (χ0v) is 17.7. The van der Waals surface area contributed by atoms with Crippen LogP contribution >= 0.6 is 0 Å². The molecule has 2 aromatic heterocycles. The minimum Gasteiger partial charge on any atom is -0.451 e. The number of pyridine rings is 2. The van der Waals surface area contributed by atoms with Gasteiger partial charge in [-0.05, 0) is 36.1 Å². The van der Waals surface area contributed by atoms with Crippen molar-refractivity contribution in [2.75, 3.05) is 11.9 Å². The maximum atomic E-state index is 13.1. The number of benzene rings is 2. The first-order chi connectivity index (χ1) is 15.5. The number of nitrogens with one attached hydrogen (secondary N) is 1. The van der Waals surface area contributed by atoms with E-state index in [0.717, 1.165) is 11.3 Å². The molecule has 7 nitrogen and oxygen atoms in total. The summed E-state index contributed by atoms with van der Waals surface area (Å²) in [6.45, 7) is 1.30. The molecule has 2 aromatic carbocycles. The van der Waals surface area contributed by atoms with Gasteiger partial charge in [-0.25, -0.2) is 9.78 Å². The molecule has 0 aliphatic rings. The highest BCUT2D eigenvalue weighted by Crippen LogP contribution is 2.30. The van der Waals surface area contributed by atoms with Gasteiger partial charge in [-0.1, -0.05) is 54.6 Å². The molecule has 0 atom stereocenters. The number of carbonyl (C=O) groups excluding carboxylic acids is 2. The number of aryl methyl sites for hydroxylation is 1. The van der Waals surface area contributed by atoms with Gasteiger partial charge in [0.1, 0.15) is 11.5 Å². The van der Waals surface area contributed by atoms with E-state index >= 15 is 0 Å². The molecule has 4 rings (SSSR count). The van der Waals surface area contributed by atoms with Crippen molar-refractivity contribution in [3.8, 4) is 11.1 Å². The predicted molar refractivity (Wildman–Crippen MR) is 123 cm³/mol. The van der Waals surface area contributed by atoms with Crippen LogP contribution in [0.5, 0.6) is 0 Å². The number of rotatable bonds is 5. The fourth-order valence-electron chi connectivity index (χ4n) is 3.59. The first-order valence-electron chi connectivity index (χ1n) is 10.0. The van der Waals surface area contributed by atoms with E-state index in [1.54, 1.807) is 43.3 Å². The van der Waals surface area contributed by atoms with Gasteiger partial charge in [-0.15, -0.1) is 0 Å². The smallest absolute Gasteiger partial charge is 0.356 e. The van der Waals surface area contributed by atoms with Crippen molar-refractivity contribution < 1.29 is 14.3 Å². The van der Waals surface area contributed by atoms with Crippen LogP contribution in [0, 0.1) is 6.92 Å². The molecule has 7 heteroatoms. The largest absolute Gasteiger partial charge is 0.451 e. The summed E-state index contributed by atoms with van der Waals surface area (Å²) in [5, 5.41) is 3.73. The average Bonchev–Trinajstić information content (AvgIpc) is 2.80.